The quantitative estimate of drug-likeness (QED) is 0.817. The maximum atomic E-state index is 11.7. The molecule has 0 saturated carbocycles. The van der Waals surface area contributed by atoms with E-state index in [1.807, 2.05) is 20.8 Å². The lowest BCUT2D eigenvalue weighted by Crippen LogP contribution is -3.14. The van der Waals surface area contributed by atoms with Crippen LogP contribution in [-0.2, 0) is 11.3 Å². The minimum absolute atomic E-state index is 0.00721. The maximum absolute atomic E-state index is 11.7. The molecule has 2 N–H and O–H groups in total. The molecular weight excluding hydrogens is 318 g/mol. The SMILES string of the molecule is Cc1cc(=O)oc2c(C[NH+]3C[C@@H](C)O[C@@H](C)C3)c(O)c(Cl)cc12. The van der Waals surface area contributed by atoms with Gasteiger partial charge < -0.3 is 19.2 Å². The second-order valence-electron chi connectivity index (χ2n) is 6.40. The molecular formula is C17H21ClNO4+. The minimum Gasteiger partial charge on any atom is -0.506 e. The molecule has 3 atom stereocenters. The van der Waals surface area contributed by atoms with Gasteiger partial charge in [0.15, 0.2) is 5.58 Å². The van der Waals surface area contributed by atoms with E-state index in [4.69, 9.17) is 20.8 Å². The van der Waals surface area contributed by atoms with Gasteiger partial charge in [-0.3, -0.25) is 0 Å². The van der Waals surface area contributed by atoms with E-state index in [-0.39, 0.29) is 23.0 Å². The Kier molecular flexibility index (Phi) is 4.36. The fraction of sp³-hybridized carbons (Fsp3) is 0.471. The molecule has 0 aliphatic carbocycles. The van der Waals surface area contributed by atoms with Crippen LogP contribution in [-0.4, -0.2) is 30.4 Å². The number of aromatic hydroxyl groups is 1. The number of halogens is 1. The molecule has 2 heterocycles. The molecule has 1 saturated heterocycles. The largest absolute Gasteiger partial charge is 0.506 e. The van der Waals surface area contributed by atoms with E-state index in [1.165, 1.54) is 11.0 Å². The number of nitrogens with one attached hydrogen (secondary N) is 1. The highest BCUT2D eigenvalue weighted by Crippen LogP contribution is 2.34. The van der Waals surface area contributed by atoms with E-state index in [2.05, 4.69) is 0 Å². The molecule has 0 bridgehead atoms. The van der Waals surface area contributed by atoms with Crippen molar-refractivity contribution >= 4 is 22.6 Å². The van der Waals surface area contributed by atoms with E-state index in [0.717, 1.165) is 24.0 Å². The third kappa shape index (κ3) is 3.22. The van der Waals surface area contributed by atoms with E-state index < -0.39 is 5.63 Å². The average molecular weight is 339 g/mol. The van der Waals surface area contributed by atoms with Crippen LogP contribution in [0.2, 0.25) is 5.02 Å². The Morgan fingerprint density at radius 2 is 1.96 bits per heavy atom. The van der Waals surface area contributed by atoms with Crippen LogP contribution >= 0.6 is 11.6 Å². The Hall–Kier alpha value is -1.56. The summed E-state index contributed by atoms with van der Waals surface area (Å²) in [6, 6.07) is 3.08. The number of benzene rings is 1. The molecule has 0 amide bonds. The van der Waals surface area contributed by atoms with Crippen LogP contribution in [0.3, 0.4) is 0 Å². The number of fused-ring (bicyclic) bond motifs is 1. The van der Waals surface area contributed by atoms with Crippen molar-refractivity contribution in [1.29, 1.82) is 0 Å². The standard InChI is InChI=1S/C17H20ClNO4/c1-9-4-15(20)23-17-12(9)5-14(18)16(21)13(17)8-19-6-10(2)22-11(3)7-19/h4-5,10-11,21H,6-8H2,1-3H3/p+1/t10-,11+. The Morgan fingerprint density at radius 1 is 1.30 bits per heavy atom. The van der Waals surface area contributed by atoms with Crippen LogP contribution in [0.4, 0.5) is 0 Å². The van der Waals surface area contributed by atoms with Crippen molar-refractivity contribution in [1.82, 2.24) is 0 Å². The minimum atomic E-state index is -0.420. The van der Waals surface area contributed by atoms with Gasteiger partial charge >= 0.3 is 5.63 Å². The predicted octanol–water partition coefficient (Wildman–Crippen LogP) is 1.65. The first-order valence-electron chi connectivity index (χ1n) is 7.79. The van der Waals surface area contributed by atoms with Crippen LogP contribution in [0, 0.1) is 6.92 Å². The summed E-state index contributed by atoms with van der Waals surface area (Å²) in [6.07, 6.45) is 0.296. The van der Waals surface area contributed by atoms with Gasteiger partial charge in [0.2, 0.25) is 0 Å². The molecule has 1 unspecified atom stereocenters. The second-order valence-corrected chi connectivity index (χ2v) is 6.81. The fourth-order valence-corrected chi connectivity index (χ4v) is 3.64. The molecule has 0 radical (unpaired) electrons. The Balaban J connectivity index is 2.09. The highest BCUT2D eigenvalue weighted by Gasteiger charge is 2.28. The summed E-state index contributed by atoms with van der Waals surface area (Å²) in [5.41, 5.74) is 1.38. The number of hydrogen-bond donors (Lipinski definition) is 2. The zero-order valence-corrected chi connectivity index (χ0v) is 14.2. The summed E-state index contributed by atoms with van der Waals surface area (Å²) in [5.74, 6) is -0.00721. The van der Waals surface area contributed by atoms with Crippen molar-refractivity contribution in [2.75, 3.05) is 13.1 Å². The van der Waals surface area contributed by atoms with E-state index in [9.17, 15) is 9.90 Å². The summed E-state index contributed by atoms with van der Waals surface area (Å²) in [7, 11) is 0. The van der Waals surface area contributed by atoms with Gasteiger partial charge in [-0.2, -0.15) is 0 Å². The van der Waals surface area contributed by atoms with Crippen LogP contribution in [0.1, 0.15) is 25.0 Å². The smallest absolute Gasteiger partial charge is 0.336 e. The molecule has 124 valence electrons. The summed E-state index contributed by atoms with van der Waals surface area (Å²) < 4.78 is 11.1. The number of ether oxygens (including phenoxy) is 1. The molecule has 1 aliphatic rings. The lowest BCUT2D eigenvalue weighted by Gasteiger charge is -2.32. The van der Waals surface area contributed by atoms with E-state index in [0.29, 0.717) is 17.7 Å². The van der Waals surface area contributed by atoms with Gasteiger partial charge in [-0.1, -0.05) is 11.6 Å². The van der Waals surface area contributed by atoms with Crippen LogP contribution in [0.5, 0.6) is 5.75 Å². The van der Waals surface area contributed by atoms with Crippen molar-refractivity contribution in [3.8, 4) is 5.75 Å². The lowest BCUT2D eigenvalue weighted by molar-refractivity contribution is -0.928. The predicted molar refractivity (Wildman–Crippen MR) is 88.3 cm³/mol. The highest BCUT2D eigenvalue weighted by atomic mass is 35.5. The summed E-state index contributed by atoms with van der Waals surface area (Å²) in [6.45, 7) is 8.10. The molecule has 2 aromatic rings. The van der Waals surface area contributed by atoms with Crippen molar-refractivity contribution in [2.24, 2.45) is 0 Å². The second kappa shape index (κ2) is 6.15. The zero-order valence-electron chi connectivity index (χ0n) is 13.5. The van der Waals surface area contributed by atoms with E-state index >= 15 is 0 Å². The number of rotatable bonds is 2. The Bertz CT molecular complexity index is 791. The Labute approximate surface area is 139 Å². The van der Waals surface area contributed by atoms with Crippen molar-refractivity contribution in [3.63, 3.8) is 0 Å². The van der Waals surface area contributed by atoms with E-state index in [1.54, 1.807) is 6.07 Å². The molecule has 1 fully saturated rings. The molecule has 1 aromatic carbocycles. The number of phenolic OH excluding ortho intramolecular Hbond substituents is 1. The normalized spacial score (nSPS) is 25.0. The van der Waals surface area contributed by atoms with Crippen molar-refractivity contribution in [3.05, 3.63) is 38.7 Å². The first-order valence-corrected chi connectivity index (χ1v) is 8.16. The molecule has 6 heteroatoms. The molecule has 0 spiro atoms. The van der Waals surface area contributed by atoms with Crippen molar-refractivity contribution in [2.45, 2.75) is 39.5 Å². The topological polar surface area (TPSA) is 64.1 Å². The summed E-state index contributed by atoms with van der Waals surface area (Å²) in [5, 5.41) is 11.4. The van der Waals surface area contributed by atoms with Crippen LogP contribution in [0.25, 0.3) is 11.0 Å². The lowest BCUT2D eigenvalue weighted by atomic mass is 10.0. The third-order valence-electron chi connectivity index (χ3n) is 4.31. The van der Waals surface area contributed by atoms with Gasteiger partial charge in [-0.25, -0.2) is 4.79 Å². The van der Waals surface area contributed by atoms with Crippen LogP contribution in [0.15, 0.2) is 21.3 Å². The molecule has 1 aromatic heterocycles. The van der Waals surface area contributed by atoms with Gasteiger partial charge in [-0.15, -0.1) is 0 Å². The Morgan fingerprint density at radius 3 is 2.61 bits per heavy atom. The van der Waals surface area contributed by atoms with Gasteiger partial charge in [-0.05, 0) is 32.4 Å². The van der Waals surface area contributed by atoms with Gasteiger partial charge in [0.1, 0.15) is 37.6 Å². The maximum Gasteiger partial charge on any atom is 0.336 e. The molecule has 3 rings (SSSR count). The van der Waals surface area contributed by atoms with Crippen molar-refractivity contribution < 1.29 is 19.2 Å². The third-order valence-corrected chi connectivity index (χ3v) is 4.60. The van der Waals surface area contributed by atoms with Crippen LogP contribution < -0.4 is 10.5 Å². The zero-order chi connectivity index (χ0) is 16.7. The van der Waals surface area contributed by atoms with Gasteiger partial charge in [0, 0.05) is 11.5 Å². The summed E-state index contributed by atoms with van der Waals surface area (Å²) >= 11 is 6.18. The van der Waals surface area contributed by atoms with Gasteiger partial charge in [0.05, 0.1) is 10.6 Å². The highest BCUT2D eigenvalue weighted by molar-refractivity contribution is 6.33. The number of aryl methyl sites for hydroxylation is 1. The first kappa shape index (κ1) is 16.3. The molecule has 1 aliphatic heterocycles. The fourth-order valence-electron chi connectivity index (χ4n) is 3.42. The number of phenols is 1. The molecule has 5 nitrogen and oxygen atoms in total. The summed E-state index contributed by atoms with van der Waals surface area (Å²) in [4.78, 5) is 13.0. The first-order chi connectivity index (χ1) is 10.8. The monoisotopic (exact) mass is 338 g/mol. The number of morpholine rings is 1. The number of quaternary nitrogens is 1. The average Bonchev–Trinajstić information content (AvgIpc) is 2.44. The van der Waals surface area contributed by atoms with Gasteiger partial charge in [0.25, 0.3) is 0 Å². The molecule has 23 heavy (non-hydrogen) atoms. The number of hydrogen-bond acceptors (Lipinski definition) is 4.